The lowest BCUT2D eigenvalue weighted by molar-refractivity contribution is -0.131. The Labute approximate surface area is 151 Å². The molecule has 0 aromatic heterocycles. The smallest absolute Gasteiger partial charge is 0.160 e. The summed E-state index contributed by atoms with van der Waals surface area (Å²) < 4.78 is 11.3. The summed E-state index contributed by atoms with van der Waals surface area (Å²) in [6.07, 6.45) is 2.89. The van der Waals surface area contributed by atoms with Crippen LogP contribution >= 0.6 is 0 Å². The van der Waals surface area contributed by atoms with Crippen molar-refractivity contribution in [2.75, 3.05) is 14.2 Å². The number of rotatable bonds is 2. The molecule has 4 aliphatic carbocycles. The molecule has 130 valence electrons. The second kappa shape index (κ2) is 5.31. The molecule has 2 atom stereocenters. The van der Waals surface area contributed by atoms with Gasteiger partial charge in [-0.1, -0.05) is 24.3 Å². The van der Waals surface area contributed by atoms with Crippen LogP contribution in [0.1, 0.15) is 34.1 Å². The summed E-state index contributed by atoms with van der Waals surface area (Å²) >= 11 is 0. The zero-order chi connectivity index (χ0) is 18.0. The highest BCUT2D eigenvalue weighted by Crippen LogP contribution is 2.63. The molecule has 4 nitrogen and oxygen atoms in total. The van der Waals surface area contributed by atoms with Gasteiger partial charge in [0.1, 0.15) is 11.5 Å². The summed E-state index contributed by atoms with van der Waals surface area (Å²) in [4.78, 5) is 25.7. The van der Waals surface area contributed by atoms with Crippen LogP contribution in [0.2, 0.25) is 0 Å². The van der Waals surface area contributed by atoms with Gasteiger partial charge in [0.15, 0.2) is 11.6 Å². The molecule has 0 radical (unpaired) electrons. The number of ketones is 2. The first-order valence-electron chi connectivity index (χ1n) is 8.76. The van der Waals surface area contributed by atoms with Crippen LogP contribution in [0.4, 0.5) is 0 Å². The molecular formula is C22H18O4. The maximum atomic E-state index is 12.9. The largest absolute Gasteiger partial charge is 0.496 e. The van der Waals surface area contributed by atoms with Crippen molar-refractivity contribution in [3.8, 4) is 11.5 Å². The van der Waals surface area contributed by atoms with Gasteiger partial charge < -0.3 is 9.47 Å². The van der Waals surface area contributed by atoms with Crippen LogP contribution in [0.3, 0.4) is 0 Å². The third kappa shape index (κ3) is 1.74. The standard InChI is InChI=1S/C22H18O4/c1-25-15-7-3-5-11-17-12-6-4-8-16(26-2)19(12)22(18(11)15)21-14(24)10-9-13(23)20(17)21/h3-10,17,20-22H,1-2H3. The van der Waals surface area contributed by atoms with Gasteiger partial charge in [0, 0.05) is 34.8 Å². The molecule has 0 saturated carbocycles. The molecule has 2 bridgehead atoms. The van der Waals surface area contributed by atoms with E-state index in [1.165, 1.54) is 12.2 Å². The van der Waals surface area contributed by atoms with E-state index in [1.54, 1.807) is 14.2 Å². The Morgan fingerprint density at radius 2 is 1.15 bits per heavy atom. The van der Waals surface area contributed by atoms with E-state index in [-0.39, 0.29) is 29.3 Å². The second-order valence-electron chi connectivity index (χ2n) is 7.07. The molecule has 0 saturated heterocycles. The summed E-state index contributed by atoms with van der Waals surface area (Å²) in [5.74, 6) is 0.445. The molecule has 0 N–H and O–H groups in total. The number of allylic oxidation sites excluding steroid dienone is 2. The fourth-order valence-corrected chi connectivity index (χ4v) is 5.23. The van der Waals surface area contributed by atoms with Gasteiger partial charge in [-0.25, -0.2) is 0 Å². The van der Waals surface area contributed by atoms with Crippen molar-refractivity contribution in [2.24, 2.45) is 11.8 Å². The van der Waals surface area contributed by atoms with Crippen LogP contribution in [-0.2, 0) is 9.59 Å². The van der Waals surface area contributed by atoms with E-state index in [0.717, 1.165) is 33.8 Å². The summed E-state index contributed by atoms with van der Waals surface area (Å²) in [6, 6.07) is 11.9. The van der Waals surface area contributed by atoms with Crippen molar-refractivity contribution >= 4 is 11.6 Å². The number of carbonyl (C=O) groups is 2. The Morgan fingerprint density at radius 1 is 0.692 bits per heavy atom. The highest BCUT2D eigenvalue weighted by atomic mass is 16.5. The lowest BCUT2D eigenvalue weighted by Crippen LogP contribution is -2.48. The Morgan fingerprint density at radius 3 is 1.62 bits per heavy atom. The van der Waals surface area contributed by atoms with Gasteiger partial charge in [-0.15, -0.1) is 0 Å². The van der Waals surface area contributed by atoms with Gasteiger partial charge in [0.25, 0.3) is 0 Å². The molecule has 6 rings (SSSR count). The maximum Gasteiger partial charge on any atom is 0.160 e. The van der Waals surface area contributed by atoms with Gasteiger partial charge in [-0.05, 0) is 35.4 Å². The topological polar surface area (TPSA) is 52.6 Å². The average molecular weight is 346 g/mol. The molecule has 26 heavy (non-hydrogen) atoms. The second-order valence-corrected chi connectivity index (χ2v) is 7.07. The predicted molar refractivity (Wildman–Crippen MR) is 95.8 cm³/mol. The number of ether oxygens (including phenoxy) is 2. The molecule has 0 spiro atoms. The zero-order valence-electron chi connectivity index (χ0n) is 14.6. The Hall–Kier alpha value is -2.88. The summed E-state index contributed by atoms with van der Waals surface area (Å²) in [6.45, 7) is 0. The first-order chi connectivity index (χ1) is 12.7. The van der Waals surface area contributed by atoms with Crippen LogP contribution in [0.25, 0.3) is 0 Å². The number of benzene rings is 2. The van der Waals surface area contributed by atoms with Gasteiger partial charge in [0.05, 0.1) is 14.2 Å². The van der Waals surface area contributed by atoms with E-state index >= 15 is 0 Å². The highest BCUT2D eigenvalue weighted by molar-refractivity contribution is 6.09. The van der Waals surface area contributed by atoms with E-state index in [1.807, 2.05) is 24.3 Å². The van der Waals surface area contributed by atoms with Crippen molar-refractivity contribution in [3.63, 3.8) is 0 Å². The zero-order valence-corrected chi connectivity index (χ0v) is 14.6. The monoisotopic (exact) mass is 346 g/mol. The molecule has 0 fully saturated rings. The first kappa shape index (κ1) is 15.4. The van der Waals surface area contributed by atoms with Crippen LogP contribution in [0.15, 0.2) is 48.6 Å². The fraction of sp³-hybridized carbons (Fsp3) is 0.273. The van der Waals surface area contributed by atoms with Gasteiger partial charge in [0.2, 0.25) is 0 Å². The highest BCUT2D eigenvalue weighted by Gasteiger charge is 2.56. The van der Waals surface area contributed by atoms with E-state index < -0.39 is 5.92 Å². The van der Waals surface area contributed by atoms with Crippen molar-refractivity contribution in [3.05, 3.63) is 70.8 Å². The molecule has 0 heterocycles. The van der Waals surface area contributed by atoms with Crippen molar-refractivity contribution in [1.29, 1.82) is 0 Å². The number of carbonyl (C=O) groups excluding carboxylic acids is 2. The molecule has 4 heteroatoms. The molecule has 0 amide bonds. The van der Waals surface area contributed by atoms with E-state index in [4.69, 9.17) is 9.47 Å². The summed E-state index contributed by atoms with van der Waals surface area (Å²) in [5.41, 5.74) is 4.23. The molecule has 4 aliphatic rings. The maximum absolute atomic E-state index is 12.9. The van der Waals surface area contributed by atoms with Gasteiger partial charge in [-0.2, -0.15) is 0 Å². The summed E-state index contributed by atoms with van der Waals surface area (Å²) in [5, 5.41) is 0. The molecule has 2 aromatic rings. The first-order valence-corrected chi connectivity index (χ1v) is 8.76. The Kier molecular flexibility index (Phi) is 3.14. The van der Waals surface area contributed by atoms with Crippen molar-refractivity contribution < 1.29 is 19.1 Å². The Bertz CT molecular complexity index is 932. The minimum atomic E-state index is -0.398. The number of methoxy groups -OCH3 is 2. The Balaban J connectivity index is 1.89. The average Bonchev–Trinajstić information content (AvgIpc) is 2.69. The van der Waals surface area contributed by atoms with Gasteiger partial charge >= 0.3 is 0 Å². The van der Waals surface area contributed by atoms with Crippen LogP contribution < -0.4 is 9.47 Å². The SMILES string of the molecule is COc1cccc2c1C1c3c(OC)cccc3C2C2C(=O)C=CC(=O)C12. The van der Waals surface area contributed by atoms with Crippen molar-refractivity contribution in [2.45, 2.75) is 11.8 Å². The van der Waals surface area contributed by atoms with Crippen LogP contribution in [-0.4, -0.2) is 25.8 Å². The van der Waals surface area contributed by atoms with E-state index in [2.05, 4.69) is 12.1 Å². The third-order valence-corrected chi connectivity index (χ3v) is 6.11. The predicted octanol–water partition coefficient (Wildman–Crippen LogP) is 3.24. The van der Waals surface area contributed by atoms with E-state index in [0.29, 0.717) is 0 Å². The molecular weight excluding hydrogens is 328 g/mol. The van der Waals surface area contributed by atoms with E-state index in [9.17, 15) is 9.59 Å². The van der Waals surface area contributed by atoms with Crippen LogP contribution in [0, 0.1) is 11.8 Å². The molecule has 0 aliphatic heterocycles. The molecule has 2 unspecified atom stereocenters. The minimum absolute atomic E-state index is 0.0118. The third-order valence-electron chi connectivity index (χ3n) is 6.11. The van der Waals surface area contributed by atoms with Crippen LogP contribution in [0.5, 0.6) is 11.5 Å². The lowest BCUT2D eigenvalue weighted by atomic mass is 9.51. The lowest BCUT2D eigenvalue weighted by Gasteiger charge is -2.50. The van der Waals surface area contributed by atoms with Crippen molar-refractivity contribution in [1.82, 2.24) is 0 Å². The minimum Gasteiger partial charge on any atom is -0.496 e. The number of hydrogen-bond donors (Lipinski definition) is 0. The fourth-order valence-electron chi connectivity index (χ4n) is 5.23. The molecule has 2 aromatic carbocycles. The van der Waals surface area contributed by atoms with Gasteiger partial charge in [-0.3, -0.25) is 9.59 Å². The summed E-state index contributed by atoms with van der Waals surface area (Å²) in [7, 11) is 3.29. The number of hydrogen-bond acceptors (Lipinski definition) is 4. The quantitative estimate of drug-likeness (QED) is 0.838. The normalized spacial score (nSPS) is 27.6.